The maximum atomic E-state index is 10.5. The van der Waals surface area contributed by atoms with Gasteiger partial charge in [0.1, 0.15) is 11.5 Å². The third-order valence-electron chi connectivity index (χ3n) is 4.39. The molecule has 2 rings (SSSR count). The van der Waals surface area contributed by atoms with Gasteiger partial charge in [0.05, 0.1) is 5.41 Å². The molecule has 1 aliphatic carbocycles. The van der Waals surface area contributed by atoms with Crippen molar-refractivity contribution < 1.29 is 14.9 Å². The molecule has 0 bridgehead atoms. The van der Waals surface area contributed by atoms with Crippen LogP contribution in [0.3, 0.4) is 0 Å². The summed E-state index contributed by atoms with van der Waals surface area (Å²) in [6.45, 7) is 7.99. The third kappa shape index (κ3) is 2.76. The second kappa shape index (κ2) is 5.66. The van der Waals surface area contributed by atoms with E-state index >= 15 is 0 Å². The Labute approximate surface area is 126 Å². The summed E-state index contributed by atoms with van der Waals surface area (Å²) in [6.07, 6.45) is 4.90. The monoisotopic (exact) mass is 288 g/mol. The summed E-state index contributed by atoms with van der Waals surface area (Å²) < 4.78 is 5.86. The zero-order chi connectivity index (χ0) is 15.7. The van der Waals surface area contributed by atoms with Crippen molar-refractivity contribution in [2.24, 2.45) is 17.3 Å². The Kier molecular flexibility index (Phi) is 4.26. The van der Waals surface area contributed by atoms with Gasteiger partial charge >= 0.3 is 0 Å². The fraction of sp³-hybridized carbons (Fsp3) is 0.444. The van der Waals surface area contributed by atoms with Crippen molar-refractivity contribution in [3.8, 4) is 5.75 Å². The van der Waals surface area contributed by atoms with Gasteiger partial charge in [0, 0.05) is 0 Å². The van der Waals surface area contributed by atoms with Crippen LogP contribution < -0.4 is 4.74 Å². The third-order valence-corrected chi connectivity index (χ3v) is 4.39. The van der Waals surface area contributed by atoms with Crippen molar-refractivity contribution in [2.45, 2.75) is 33.5 Å². The van der Waals surface area contributed by atoms with Crippen LogP contribution in [0.5, 0.6) is 5.75 Å². The molecule has 1 aromatic carbocycles. The first-order valence-electron chi connectivity index (χ1n) is 7.39. The molecular formula is C18H24O3. The number of benzene rings is 1. The van der Waals surface area contributed by atoms with Gasteiger partial charge in [0.25, 0.3) is 0 Å². The minimum atomic E-state index is -1.88. The molecule has 0 aliphatic heterocycles. The van der Waals surface area contributed by atoms with Crippen LogP contribution in [-0.4, -0.2) is 16.0 Å². The minimum absolute atomic E-state index is 0.0480. The topological polar surface area (TPSA) is 49.7 Å². The minimum Gasteiger partial charge on any atom is -0.458 e. The molecule has 0 fully saturated rings. The van der Waals surface area contributed by atoms with Crippen molar-refractivity contribution in [3.05, 3.63) is 54.3 Å². The van der Waals surface area contributed by atoms with E-state index in [1.165, 1.54) is 6.08 Å². The molecule has 1 aromatic rings. The van der Waals surface area contributed by atoms with Crippen molar-refractivity contribution in [1.29, 1.82) is 0 Å². The highest BCUT2D eigenvalue weighted by Crippen LogP contribution is 2.49. The number of rotatable bonds is 4. The number of hydrogen-bond donors (Lipinski definition) is 2. The average Bonchev–Trinajstić information content (AvgIpc) is 2.41. The van der Waals surface area contributed by atoms with Gasteiger partial charge in [-0.15, -0.1) is 0 Å². The molecule has 0 heterocycles. The summed E-state index contributed by atoms with van der Waals surface area (Å²) in [4.78, 5) is 0. The maximum Gasteiger partial charge on any atom is 0.193 e. The Balaban J connectivity index is 2.41. The zero-order valence-corrected chi connectivity index (χ0v) is 13.1. The van der Waals surface area contributed by atoms with Gasteiger partial charge in [-0.25, -0.2) is 0 Å². The van der Waals surface area contributed by atoms with E-state index in [-0.39, 0.29) is 11.8 Å². The molecule has 0 radical (unpaired) electrons. The van der Waals surface area contributed by atoms with Crippen molar-refractivity contribution in [3.63, 3.8) is 0 Å². The summed E-state index contributed by atoms with van der Waals surface area (Å²) in [5.74, 6) is -0.405. The Bertz CT molecular complexity index is 531. The molecule has 2 N–H and O–H groups in total. The molecule has 3 heteroatoms. The molecule has 0 aromatic heterocycles. The lowest BCUT2D eigenvalue weighted by Crippen LogP contribution is -2.53. The Morgan fingerprint density at radius 1 is 0.952 bits per heavy atom. The first-order valence-corrected chi connectivity index (χ1v) is 7.39. The molecule has 0 saturated carbocycles. The van der Waals surface area contributed by atoms with E-state index in [2.05, 4.69) is 0 Å². The Morgan fingerprint density at radius 2 is 1.52 bits per heavy atom. The molecule has 114 valence electrons. The van der Waals surface area contributed by atoms with Gasteiger partial charge in [-0.3, -0.25) is 0 Å². The van der Waals surface area contributed by atoms with Crippen LogP contribution in [0.2, 0.25) is 0 Å². The lowest BCUT2D eigenvalue weighted by molar-refractivity contribution is -0.219. The molecule has 1 aliphatic rings. The second-order valence-electron chi connectivity index (χ2n) is 6.26. The van der Waals surface area contributed by atoms with E-state index < -0.39 is 11.2 Å². The van der Waals surface area contributed by atoms with Crippen molar-refractivity contribution >= 4 is 0 Å². The fourth-order valence-electron chi connectivity index (χ4n) is 3.27. The zero-order valence-electron chi connectivity index (χ0n) is 13.1. The van der Waals surface area contributed by atoms with Crippen LogP contribution in [-0.2, 0) is 0 Å². The number of ether oxygens (including phenoxy) is 1. The van der Waals surface area contributed by atoms with E-state index in [4.69, 9.17) is 4.74 Å². The van der Waals surface area contributed by atoms with E-state index in [1.54, 1.807) is 6.08 Å². The maximum absolute atomic E-state index is 10.5. The van der Waals surface area contributed by atoms with Crippen LogP contribution in [0, 0.1) is 17.3 Å². The average molecular weight is 288 g/mol. The lowest BCUT2D eigenvalue weighted by atomic mass is 9.61. The summed E-state index contributed by atoms with van der Waals surface area (Å²) in [7, 11) is 0. The van der Waals surface area contributed by atoms with Crippen LogP contribution in [0.1, 0.15) is 27.7 Å². The van der Waals surface area contributed by atoms with Crippen molar-refractivity contribution in [2.75, 3.05) is 0 Å². The molecule has 0 amide bonds. The number of allylic oxidation sites excluding steroid dienone is 1. The highest BCUT2D eigenvalue weighted by molar-refractivity contribution is 5.34. The standard InChI is InChI=1S/C18H24O3/c1-13(2)17(14(3)4)12-16(10-11-18(17,19)20)21-15-8-6-5-7-9-15/h5-14,19-20H,1-4H3. The first kappa shape index (κ1) is 15.8. The van der Waals surface area contributed by atoms with Gasteiger partial charge in [-0.05, 0) is 42.2 Å². The van der Waals surface area contributed by atoms with Gasteiger partial charge in [-0.1, -0.05) is 45.9 Å². The van der Waals surface area contributed by atoms with Crippen molar-refractivity contribution in [1.82, 2.24) is 0 Å². The highest BCUT2D eigenvalue weighted by Gasteiger charge is 2.52. The van der Waals surface area contributed by atoms with Gasteiger partial charge in [0.15, 0.2) is 5.79 Å². The molecule has 0 spiro atoms. The molecule has 21 heavy (non-hydrogen) atoms. The van der Waals surface area contributed by atoms with E-state index in [0.29, 0.717) is 5.76 Å². The summed E-state index contributed by atoms with van der Waals surface area (Å²) in [5.41, 5.74) is -0.786. The van der Waals surface area contributed by atoms with Crippen LogP contribution in [0.15, 0.2) is 54.3 Å². The fourth-order valence-corrected chi connectivity index (χ4v) is 3.27. The lowest BCUT2D eigenvalue weighted by Gasteiger charge is -2.48. The number of aliphatic hydroxyl groups is 2. The quantitative estimate of drug-likeness (QED) is 0.834. The predicted molar refractivity (Wildman–Crippen MR) is 83.6 cm³/mol. The normalized spacial score (nSPS) is 19.7. The number of para-hydroxylation sites is 1. The Hall–Kier alpha value is -1.58. The van der Waals surface area contributed by atoms with Gasteiger partial charge < -0.3 is 14.9 Å². The van der Waals surface area contributed by atoms with E-state index in [1.807, 2.05) is 64.1 Å². The molecular weight excluding hydrogens is 264 g/mol. The largest absolute Gasteiger partial charge is 0.458 e. The molecule has 0 saturated heterocycles. The summed E-state index contributed by atoms with van der Waals surface area (Å²) in [5, 5.41) is 21.0. The van der Waals surface area contributed by atoms with Crippen LogP contribution >= 0.6 is 0 Å². The van der Waals surface area contributed by atoms with Crippen LogP contribution in [0.4, 0.5) is 0 Å². The SMILES string of the molecule is CC(C)C1(C(C)C)C=C(Oc2ccccc2)C=CC1(O)O. The predicted octanol–water partition coefficient (Wildman–Crippen LogP) is 3.50. The Morgan fingerprint density at radius 3 is 2.05 bits per heavy atom. The molecule has 3 nitrogen and oxygen atoms in total. The second-order valence-corrected chi connectivity index (χ2v) is 6.26. The summed E-state index contributed by atoms with van der Waals surface area (Å²) in [6, 6.07) is 9.49. The van der Waals surface area contributed by atoms with Gasteiger partial charge in [-0.2, -0.15) is 0 Å². The number of hydrogen-bond acceptors (Lipinski definition) is 3. The highest BCUT2D eigenvalue weighted by atomic mass is 16.5. The smallest absolute Gasteiger partial charge is 0.193 e. The first-order chi connectivity index (χ1) is 9.79. The van der Waals surface area contributed by atoms with E-state index in [0.717, 1.165) is 5.75 Å². The summed E-state index contributed by atoms with van der Waals surface area (Å²) >= 11 is 0. The van der Waals surface area contributed by atoms with Crippen LogP contribution in [0.25, 0.3) is 0 Å². The van der Waals surface area contributed by atoms with E-state index in [9.17, 15) is 10.2 Å². The molecule has 0 atom stereocenters. The molecule has 0 unspecified atom stereocenters. The van der Waals surface area contributed by atoms with Gasteiger partial charge in [0.2, 0.25) is 0 Å².